The zero-order chi connectivity index (χ0) is 16.1. The van der Waals surface area contributed by atoms with Crippen molar-refractivity contribution in [3.8, 4) is 0 Å². The molecule has 126 valence electrons. The molecule has 0 radical (unpaired) electrons. The van der Waals surface area contributed by atoms with E-state index in [0.29, 0.717) is 24.9 Å². The van der Waals surface area contributed by atoms with Crippen LogP contribution in [-0.2, 0) is 16.1 Å². The Morgan fingerprint density at radius 2 is 2.00 bits per heavy atom. The van der Waals surface area contributed by atoms with E-state index in [-0.39, 0.29) is 6.10 Å². The predicted octanol–water partition coefficient (Wildman–Crippen LogP) is 2.54. The molecule has 0 bridgehead atoms. The van der Waals surface area contributed by atoms with Crippen molar-refractivity contribution in [2.24, 2.45) is 5.92 Å². The summed E-state index contributed by atoms with van der Waals surface area (Å²) in [6, 6.07) is 10.2. The number of benzene rings is 1. The molecule has 2 fully saturated rings. The second kappa shape index (κ2) is 7.93. The Kier molecular flexibility index (Phi) is 5.68. The molecule has 2 aliphatic rings. The quantitative estimate of drug-likeness (QED) is 0.808. The smallest absolute Gasteiger partial charge is 0.222 e. The van der Waals surface area contributed by atoms with E-state index in [4.69, 9.17) is 4.74 Å². The van der Waals surface area contributed by atoms with Crippen molar-refractivity contribution < 1.29 is 9.53 Å². The molecule has 1 atom stereocenters. The average molecular weight is 316 g/mol. The summed E-state index contributed by atoms with van der Waals surface area (Å²) in [7, 11) is 2.18. The summed E-state index contributed by atoms with van der Waals surface area (Å²) >= 11 is 0. The molecule has 1 amide bonds. The molecule has 1 aromatic rings. The molecule has 0 spiro atoms. The molecular formula is C19H28N2O2. The molecule has 1 unspecified atom stereocenters. The Morgan fingerprint density at radius 3 is 2.74 bits per heavy atom. The van der Waals surface area contributed by atoms with Crippen molar-refractivity contribution in [3.05, 3.63) is 35.9 Å². The van der Waals surface area contributed by atoms with Crippen molar-refractivity contribution in [3.63, 3.8) is 0 Å². The number of piperidine rings is 1. The highest BCUT2D eigenvalue weighted by Gasteiger charge is 2.31. The highest BCUT2D eigenvalue weighted by atomic mass is 16.5. The fourth-order valence-electron chi connectivity index (χ4n) is 3.53. The van der Waals surface area contributed by atoms with Gasteiger partial charge in [-0.3, -0.25) is 4.79 Å². The molecule has 0 saturated carbocycles. The lowest BCUT2D eigenvalue weighted by atomic mass is 9.93. The number of ether oxygens (including phenoxy) is 1. The first-order valence-electron chi connectivity index (χ1n) is 8.82. The third-order valence-electron chi connectivity index (χ3n) is 5.02. The maximum Gasteiger partial charge on any atom is 0.222 e. The van der Waals surface area contributed by atoms with Crippen molar-refractivity contribution in [2.45, 2.75) is 38.4 Å². The Balaban J connectivity index is 1.30. The first-order valence-corrected chi connectivity index (χ1v) is 8.82. The van der Waals surface area contributed by atoms with Crippen molar-refractivity contribution in [1.29, 1.82) is 0 Å². The minimum absolute atomic E-state index is 0.208. The maximum atomic E-state index is 12.2. The molecule has 2 saturated heterocycles. The first kappa shape index (κ1) is 16.5. The lowest BCUT2D eigenvalue weighted by molar-refractivity contribution is -0.146. The zero-order valence-corrected chi connectivity index (χ0v) is 14.1. The summed E-state index contributed by atoms with van der Waals surface area (Å²) in [6.45, 7) is 4.52. The van der Waals surface area contributed by atoms with Crippen molar-refractivity contribution in [1.82, 2.24) is 9.80 Å². The Labute approximate surface area is 139 Å². The van der Waals surface area contributed by atoms with E-state index in [0.717, 1.165) is 26.1 Å². The van der Waals surface area contributed by atoms with Crippen LogP contribution in [0.3, 0.4) is 0 Å². The van der Waals surface area contributed by atoms with Crippen molar-refractivity contribution >= 4 is 5.91 Å². The zero-order valence-electron chi connectivity index (χ0n) is 14.1. The highest BCUT2D eigenvalue weighted by molar-refractivity contribution is 5.77. The van der Waals surface area contributed by atoms with Gasteiger partial charge in [-0.25, -0.2) is 0 Å². The standard InChI is InChI=1S/C19H28N2O2/c1-20-11-5-8-16(12-20)9-10-19(22)21-13-18(14-21)23-15-17-6-3-2-4-7-17/h2-4,6-7,16,18H,5,8-15H2,1H3. The minimum atomic E-state index is 0.208. The Morgan fingerprint density at radius 1 is 1.22 bits per heavy atom. The fourth-order valence-corrected chi connectivity index (χ4v) is 3.53. The third-order valence-corrected chi connectivity index (χ3v) is 5.02. The van der Waals surface area contributed by atoms with Gasteiger partial charge in [0.1, 0.15) is 0 Å². The number of amides is 1. The number of likely N-dealkylation sites (tertiary alicyclic amines) is 2. The SMILES string of the molecule is CN1CCCC(CCC(=O)N2CC(OCc3ccccc3)C2)C1. The van der Waals surface area contributed by atoms with Crippen LogP contribution in [0.15, 0.2) is 30.3 Å². The van der Waals surface area contributed by atoms with Gasteiger partial charge in [0.15, 0.2) is 0 Å². The van der Waals surface area contributed by atoms with E-state index in [1.165, 1.54) is 24.9 Å². The van der Waals surface area contributed by atoms with Gasteiger partial charge in [-0.1, -0.05) is 30.3 Å². The molecule has 1 aromatic carbocycles. The molecule has 0 aliphatic carbocycles. The summed E-state index contributed by atoms with van der Waals surface area (Å²) < 4.78 is 5.85. The van der Waals surface area contributed by atoms with Crippen LogP contribution in [0.4, 0.5) is 0 Å². The largest absolute Gasteiger partial charge is 0.370 e. The van der Waals surface area contributed by atoms with Crippen LogP contribution in [0.1, 0.15) is 31.2 Å². The second-order valence-electron chi connectivity index (χ2n) is 7.03. The topological polar surface area (TPSA) is 32.8 Å². The molecular weight excluding hydrogens is 288 g/mol. The van der Waals surface area contributed by atoms with Crippen molar-refractivity contribution in [2.75, 3.05) is 33.2 Å². The Bertz CT molecular complexity index is 499. The number of rotatable bonds is 6. The summed E-state index contributed by atoms with van der Waals surface area (Å²) in [4.78, 5) is 16.6. The summed E-state index contributed by atoms with van der Waals surface area (Å²) in [5, 5.41) is 0. The van der Waals surface area contributed by atoms with Crippen LogP contribution in [0.5, 0.6) is 0 Å². The van der Waals surface area contributed by atoms with Crippen LogP contribution in [0.2, 0.25) is 0 Å². The molecule has 2 aliphatic heterocycles. The number of hydrogen-bond donors (Lipinski definition) is 0. The summed E-state index contributed by atoms with van der Waals surface area (Å²) in [5.41, 5.74) is 1.19. The van der Waals surface area contributed by atoms with Gasteiger partial charge in [0.25, 0.3) is 0 Å². The van der Waals surface area contributed by atoms with E-state index in [1.54, 1.807) is 0 Å². The number of carbonyl (C=O) groups is 1. The maximum absolute atomic E-state index is 12.2. The molecule has 2 heterocycles. The number of hydrogen-bond acceptors (Lipinski definition) is 3. The summed E-state index contributed by atoms with van der Waals surface area (Å²) in [5.74, 6) is 1.00. The highest BCUT2D eigenvalue weighted by Crippen LogP contribution is 2.22. The molecule has 0 N–H and O–H groups in total. The van der Waals surface area contributed by atoms with E-state index in [9.17, 15) is 4.79 Å². The van der Waals surface area contributed by atoms with E-state index >= 15 is 0 Å². The number of carbonyl (C=O) groups excluding carboxylic acids is 1. The fraction of sp³-hybridized carbons (Fsp3) is 0.632. The lowest BCUT2D eigenvalue weighted by Crippen LogP contribution is -2.54. The van der Waals surface area contributed by atoms with Gasteiger partial charge < -0.3 is 14.5 Å². The van der Waals surface area contributed by atoms with Gasteiger partial charge in [-0.2, -0.15) is 0 Å². The van der Waals surface area contributed by atoms with Gasteiger partial charge in [0.2, 0.25) is 5.91 Å². The monoisotopic (exact) mass is 316 g/mol. The molecule has 0 aromatic heterocycles. The third kappa shape index (κ3) is 4.79. The van der Waals surface area contributed by atoms with Gasteiger partial charge >= 0.3 is 0 Å². The van der Waals surface area contributed by atoms with Gasteiger partial charge in [-0.15, -0.1) is 0 Å². The van der Waals surface area contributed by atoms with Crippen LogP contribution >= 0.6 is 0 Å². The van der Waals surface area contributed by atoms with Crippen LogP contribution in [0, 0.1) is 5.92 Å². The van der Waals surface area contributed by atoms with E-state index in [2.05, 4.69) is 24.1 Å². The molecule has 4 nitrogen and oxygen atoms in total. The predicted molar refractivity (Wildman–Crippen MR) is 91.1 cm³/mol. The molecule has 4 heteroatoms. The van der Waals surface area contributed by atoms with Gasteiger partial charge in [-0.05, 0) is 44.3 Å². The van der Waals surface area contributed by atoms with Gasteiger partial charge in [0, 0.05) is 26.1 Å². The van der Waals surface area contributed by atoms with Gasteiger partial charge in [0.05, 0.1) is 12.7 Å². The molecule has 3 rings (SSSR count). The first-order chi connectivity index (χ1) is 11.2. The molecule has 23 heavy (non-hydrogen) atoms. The number of nitrogens with zero attached hydrogens (tertiary/aromatic N) is 2. The van der Waals surface area contributed by atoms with Crippen LogP contribution in [0.25, 0.3) is 0 Å². The van der Waals surface area contributed by atoms with Crippen LogP contribution < -0.4 is 0 Å². The average Bonchev–Trinajstić information content (AvgIpc) is 2.52. The normalized spacial score (nSPS) is 22.8. The summed E-state index contributed by atoms with van der Waals surface area (Å²) in [6.07, 6.45) is 4.49. The second-order valence-corrected chi connectivity index (χ2v) is 7.03. The lowest BCUT2D eigenvalue weighted by Gasteiger charge is -2.39. The van der Waals surface area contributed by atoms with E-state index in [1.807, 2.05) is 23.1 Å². The van der Waals surface area contributed by atoms with E-state index < -0.39 is 0 Å². The minimum Gasteiger partial charge on any atom is -0.370 e. The Hall–Kier alpha value is -1.39. The van der Waals surface area contributed by atoms with Crippen LogP contribution in [-0.4, -0.2) is 55.0 Å².